The Labute approximate surface area is 485 Å². The van der Waals surface area contributed by atoms with Gasteiger partial charge in [0.25, 0.3) is 0 Å². The number of aliphatic hydroxyl groups is 6. The SMILES string of the molecule is COc1cccc2c1C(=O)c1c(O)c3c(c(O)c1C2=O)C[C@@](O)(C(=O)CO)C[C@@H]3OC1CC(NOC(=O)/C=C\C(=O)ONC2CC(O[C@H]3C[C@](O)(C(=O)CO)Cc4c(O)c5c(c(O)c43)C(=O)c3c(OC)cccc3C5=O)OC(C)C2O)C(O)C(C)O1. The number of carbonyl (C=O) groups excluding carboxylic acids is 8. The molecule has 0 amide bonds. The van der Waals surface area contributed by atoms with Crippen LogP contribution in [-0.2, 0) is 60.6 Å². The van der Waals surface area contributed by atoms with Crippen LogP contribution in [0.15, 0.2) is 48.6 Å². The van der Waals surface area contributed by atoms with Gasteiger partial charge in [0.1, 0.15) is 58.9 Å². The molecule has 456 valence electrons. The van der Waals surface area contributed by atoms with E-state index in [1.807, 2.05) is 0 Å². The van der Waals surface area contributed by atoms with Gasteiger partial charge in [-0.25, -0.2) is 9.59 Å². The minimum atomic E-state index is -2.47. The van der Waals surface area contributed by atoms with Crippen molar-refractivity contribution in [2.45, 2.75) is 125 Å². The second-order valence-electron chi connectivity index (χ2n) is 21.6. The second-order valence-corrected chi connectivity index (χ2v) is 21.6. The van der Waals surface area contributed by atoms with Crippen LogP contribution >= 0.6 is 0 Å². The fraction of sp³-hybridized carbons (Fsp3) is 0.414. The van der Waals surface area contributed by atoms with E-state index in [1.54, 1.807) is 0 Å². The number of ether oxygens (including phenoxy) is 6. The topological polar surface area (TPSA) is 437 Å². The van der Waals surface area contributed by atoms with E-state index >= 15 is 0 Å². The molecule has 0 bridgehead atoms. The molecule has 28 nitrogen and oxygen atoms in total. The summed E-state index contributed by atoms with van der Waals surface area (Å²) < 4.78 is 34.8. The molecule has 2 aliphatic heterocycles. The predicted molar refractivity (Wildman–Crippen MR) is 283 cm³/mol. The quantitative estimate of drug-likeness (QED) is 0.0338. The minimum Gasteiger partial charge on any atom is -0.507 e. The number of phenolic OH excluding ortho intramolecular Hbond substituents is 4. The molecule has 12 N–H and O–H groups in total. The number of benzene rings is 4. The zero-order valence-corrected chi connectivity index (χ0v) is 46.1. The lowest BCUT2D eigenvalue weighted by atomic mass is 9.72. The van der Waals surface area contributed by atoms with Crippen molar-refractivity contribution in [2.75, 3.05) is 27.4 Å². The number of aromatic hydroxyl groups is 4. The van der Waals surface area contributed by atoms with Crippen molar-refractivity contribution in [2.24, 2.45) is 0 Å². The van der Waals surface area contributed by atoms with Gasteiger partial charge in [-0.1, -0.05) is 24.3 Å². The van der Waals surface area contributed by atoms with Crippen LogP contribution in [0.3, 0.4) is 0 Å². The molecule has 0 spiro atoms. The van der Waals surface area contributed by atoms with Gasteiger partial charge in [0.05, 0.1) is 96.3 Å². The summed E-state index contributed by atoms with van der Waals surface area (Å²) in [6.45, 7) is 0.470. The Hall–Kier alpha value is -8.10. The Balaban J connectivity index is 0.801. The second kappa shape index (κ2) is 23.3. The van der Waals surface area contributed by atoms with E-state index in [0.29, 0.717) is 12.2 Å². The Morgan fingerprint density at radius 2 is 0.930 bits per heavy atom. The number of fused-ring (bicyclic) bond motifs is 6. The van der Waals surface area contributed by atoms with Crippen LogP contribution in [0.1, 0.15) is 138 Å². The zero-order valence-electron chi connectivity index (χ0n) is 46.1. The fourth-order valence-electron chi connectivity index (χ4n) is 12.1. The van der Waals surface area contributed by atoms with E-state index in [0.717, 1.165) is 0 Å². The minimum absolute atomic E-state index is 0.00939. The molecule has 6 aliphatic rings. The highest BCUT2D eigenvalue weighted by atomic mass is 16.7. The first-order chi connectivity index (χ1) is 40.8. The Morgan fingerprint density at radius 3 is 1.28 bits per heavy atom. The fourth-order valence-corrected chi connectivity index (χ4v) is 12.1. The molecule has 0 saturated carbocycles. The van der Waals surface area contributed by atoms with E-state index in [-0.39, 0.29) is 68.8 Å². The highest BCUT2D eigenvalue weighted by Crippen LogP contribution is 2.55. The van der Waals surface area contributed by atoms with E-state index < -0.39 is 203 Å². The summed E-state index contributed by atoms with van der Waals surface area (Å²) in [5, 5.41) is 112. The van der Waals surface area contributed by atoms with Crippen molar-refractivity contribution in [3.05, 3.63) is 115 Å². The molecule has 28 heteroatoms. The Bertz CT molecular complexity index is 3350. The summed E-state index contributed by atoms with van der Waals surface area (Å²) in [5.74, 6) is -11.6. The number of aliphatic hydroxyl groups excluding tert-OH is 4. The maximum atomic E-state index is 14.1. The maximum Gasteiger partial charge on any atom is 0.349 e. The molecule has 0 radical (unpaired) electrons. The molecule has 2 fully saturated rings. The van der Waals surface area contributed by atoms with Gasteiger partial charge in [-0.3, -0.25) is 28.8 Å². The molecule has 8 unspecified atom stereocenters. The molecular weight excluding hydrogens is 1140 g/mol. The number of ketones is 6. The van der Waals surface area contributed by atoms with Crippen LogP contribution < -0.4 is 20.4 Å². The van der Waals surface area contributed by atoms with Crippen molar-refractivity contribution in [3.8, 4) is 34.5 Å². The molecule has 10 rings (SSSR count). The maximum absolute atomic E-state index is 14.1. The summed E-state index contributed by atoms with van der Waals surface area (Å²) in [6, 6.07) is 5.87. The van der Waals surface area contributed by atoms with E-state index in [2.05, 4.69) is 11.0 Å². The highest BCUT2D eigenvalue weighted by Gasteiger charge is 2.53. The number of Topliss-reactive ketones (excluding diaryl/α,β-unsaturated/α-hetero) is 2. The van der Waals surface area contributed by atoms with Gasteiger partial charge in [-0.05, 0) is 26.0 Å². The van der Waals surface area contributed by atoms with Crippen LogP contribution in [0.2, 0.25) is 0 Å². The highest BCUT2D eigenvalue weighted by molar-refractivity contribution is 6.32. The summed E-state index contributed by atoms with van der Waals surface area (Å²) in [6.07, 6.45) is -13.6. The lowest BCUT2D eigenvalue weighted by Crippen LogP contribution is -2.55. The molecule has 4 aromatic carbocycles. The van der Waals surface area contributed by atoms with Gasteiger partial charge < -0.3 is 89.2 Å². The van der Waals surface area contributed by atoms with Crippen molar-refractivity contribution < 1.29 is 128 Å². The summed E-state index contributed by atoms with van der Waals surface area (Å²) >= 11 is 0. The third-order valence-corrected chi connectivity index (χ3v) is 16.5. The van der Waals surface area contributed by atoms with Crippen molar-refractivity contribution in [3.63, 3.8) is 0 Å². The Morgan fingerprint density at radius 1 is 0.570 bits per heavy atom. The lowest BCUT2D eigenvalue weighted by molar-refractivity contribution is -0.256. The first kappa shape index (κ1) is 61.0. The van der Waals surface area contributed by atoms with Gasteiger partial charge >= 0.3 is 11.9 Å². The van der Waals surface area contributed by atoms with Gasteiger partial charge in [-0.2, -0.15) is 0 Å². The normalized spacial score (nSPS) is 28.3. The molecule has 4 aromatic rings. The molecular formula is C58H58N2O26. The number of hydrogen-bond acceptors (Lipinski definition) is 28. The average molecular weight is 1200 g/mol. The van der Waals surface area contributed by atoms with E-state index in [1.165, 1.54) is 64.5 Å². The zero-order chi connectivity index (χ0) is 62.2. The monoisotopic (exact) mass is 1200 g/mol. The third-order valence-electron chi connectivity index (χ3n) is 16.5. The van der Waals surface area contributed by atoms with Gasteiger partial charge in [-0.15, -0.1) is 11.0 Å². The summed E-state index contributed by atoms with van der Waals surface area (Å²) in [7, 11) is 2.52. The molecule has 2 heterocycles. The number of hydroxylamine groups is 2. The third kappa shape index (κ3) is 10.3. The van der Waals surface area contributed by atoms with Gasteiger partial charge in [0.2, 0.25) is 11.6 Å². The number of phenols is 4. The smallest absolute Gasteiger partial charge is 0.349 e. The van der Waals surface area contributed by atoms with Crippen molar-refractivity contribution in [1.82, 2.24) is 11.0 Å². The first-order valence-electron chi connectivity index (χ1n) is 26.9. The standard InChI is InChI=1S/C58H58N2O26/c1-21-47(67)27(13-37(81-21)83-31-17-57(77,33(63)19-61)15-25-41(31)55(75)45-43(51(25)71)49(69)23-7-5-9-29(79-3)39(23)53(45)73)59-85-35(65)11-12-36(66)86-60-28-14-38(82-22(2)48(28)68)84-32-18-58(78,34(64)20-62)16-26-42(32)56(76)46-44(52(26)72)50(70)24-8-6-10-30(80-4)40(24)54(46)74/h5-12,21-22,27-28,31-32,37-38,47-48,59-62,67-68,71-72,75-78H,13-20H2,1-4H3/b12-11-/t21?,22?,27?,28?,31-,32-,37?,38?,47?,48?,57-,58-/m0/s1. The number of hydrogen-bond donors (Lipinski definition) is 12. The molecule has 12 atom stereocenters. The van der Waals surface area contributed by atoms with Crippen molar-refractivity contribution in [1.29, 1.82) is 0 Å². The van der Waals surface area contributed by atoms with Crippen LogP contribution in [0.4, 0.5) is 0 Å². The van der Waals surface area contributed by atoms with Crippen LogP contribution in [0, 0.1) is 0 Å². The average Bonchev–Trinajstić information content (AvgIpc) is 0.732. The van der Waals surface area contributed by atoms with E-state index in [4.69, 9.17) is 38.1 Å². The van der Waals surface area contributed by atoms with E-state index in [9.17, 15) is 89.4 Å². The largest absolute Gasteiger partial charge is 0.507 e. The summed E-state index contributed by atoms with van der Waals surface area (Å²) in [5.41, 5.74) is -4.71. The molecule has 86 heavy (non-hydrogen) atoms. The number of methoxy groups -OCH3 is 2. The van der Waals surface area contributed by atoms with Crippen LogP contribution in [-0.4, -0.2) is 185 Å². The lowest BCUT2D eigenvalue weighted by Gasteiger charge is -2.42. The molecule has 0 aromatic heterocycles. The van der Waals surface area contributed by atoms with Crippen LogP contribution in [0.5, 0.6) is 34.5 Å². The number of carbonyl (C=O) groups is 8. The first-order valence-corrected chi connectivity index (χ1v) is 26.9. The number of nitrogens with one attached hydrogen (secondary N) is 2. The molecule has 2 saturated heterocycles. The predicted octanol–water partition coefficient (Wildman–Crippen LogP) is -0.249. The van der Waals surface area contributed by atoms with Crippen molar-refractivity contribution >= 4 is 46.6 Å². The van der Waals surface area contributed by atoms with Gasteiger partial charge in [0, 0.05) is 84.1 Å². The molecule has 4 aliphatic carbocycles. The van der Waals surface area contributed by atoms with Gasteiger partial charge in [0.15, 0.2) is 35.7 Å². The Kier molecular flexibility index (Phi) is 16.5. The summed E-state index contributed by atoms with van der Waals surface area (Å²) in [4.78, 5) is 118. The number of rotatable bonds is 16. The van der Waals surface area contributed by atoms with Crippen LogP contribution in [0.25, 0.3) is 0 Å².